The first-order valence-corrected chi connectivity index (χ1v) is 10.9. The van der Waals surface area contributed by atoms with Gasteiger partial charge in [0, 0.05) is 19.0 Å². The highest BCUT2D eigenvalue weighted by atomic mass is 32.2. The Balaban J connectivity index is 1.93. The van der Waals surface area contributed by atoms with Crippen LogP contribution >= 0.6 is 0 Å². The van der Waals surface area contributed by atoms with E-state index in [-0.39, 0.29) is 42.0 Å². The summed E-state index contributed by atoms with van der Waals surface area (Å²) < 4.78 is 63.2. The predicted molar refractivity (Wildman–Crippen MR) is 103 cm³/mol. The fraction of sp³-hybridized carbons (Fsp3) is 0.611. The maximum absolute atomic E-state index is 12.5. The molecule has 28 heavy (non-hydrogen) atoms. The second-order valence-electron chi connectivity index (χ2n) is 6.85. The van der Waals surface area contributed by atoms with Crippen molar-refractivity contribution in [2.75, 3.05) is 36.0 Å². The number of unbranched alkanes of at least 4 members (excludes halogenated alkanes) is 1. The van der Waals surface area contributed by atoms with Gasteiger partial charge in [0.1, 0.15) is 6.54 Å². The first-order chi connectivity index (χ1) is 13.1. The Morgan fingerprint density at radius 1 is 1.18 bits per heavy atom. The van der Waals surface area contributed by atoms with E-state index in [0.29, 0.717) is 19.3 Å². The van der Waals surface area contributed by atoms with E-state index in [9.17, 15) is 26.4 Å². The first-order valence-electron chi connectivity index (χ1n) is 9.30. The van der Waals surface area contributed by atoms with Crippen molar-refractivity contribution in [3.63, 3.8) is 0 Å². The third-order valence-corrected chi connectivity index (χ3v) is 6.59. The predicted octanol–water partition coefficient (Wildman–Crippen LogP) is 3.44. The Bertz CT molecular complexity index is 761. The van der Waals surface area contributed by atoms with Crippen molar-refractivity contribution >= 4 is 27.3 Å². The van der Waals surface area contributed by atoms with E-state index in [1.807, 2.05) is 6.92 Å². The number of benzene rings is 1. The van der Waals surface area contributed by atoms with Gasteiger partial charge in [0.05, 0.1) is 17.1 Å². The first kappa shape index (κ1) is 22.5. The molecule has 1 aliphatic rings. The van der Waals surface area contributed by atoms with Gasteiger partial charge < -0.3 is 10.6 Å². The van der Waals surface area contributed by atoms with E-state index in [0.717, 1.165) is 6.42 Å². The van der Waals surface area contributed by atoms with E-state index in [1.54, 1.807) is 12.1 Å². The van der Waals surface area contributed by atoms with Crippen molar-refractivity contribution in [1.29, 1.82) is 0 Å². The van der Waals surface area contributed by atoms with Gasteiger partial charge in [-0.2, -0.15) is 13.2 Å². The molecule has 0 bridgehead atoms. The number of piperidine rings is 1. The highest BCUT2D eigenvalue weighted by molar-refractivity contribution is 7.89. The van der Waals surface area contributed by atoms with Gasteiger partial charge in [0.15, 0.2) is 0 Å². The maximum atomic E-state index is 12.5. The van der Waals surface area contributed by atoms with Crippen molar-refractivity contribution in [2.24, 2.45) is 5.92 Å². The Hall–Kier alpha value is -1.81. The molecule has 6 nitrogen and oxygen atoms in total. The molecule has 10 heteroatoms. The van der Waals surface area contributed by atoms with E-state index in [2.05, 4.69) is 10.6 Å². The van der Waals surface area contributed by atoms with Crippen LogP contribution in [0.4, 0.5) is 24.5 Å². The summed E-state index contributed by atoms with van der Waals surface area (Å²) in [6.07, 6.45) is -2.21. The van der Waals surface area contributed by atoms with Crippen molar-refractivity contribution in [1.82, 2.24) is 4.31 Å². The second-order valence-corrected chi connectivity index (χ2v) is 8.93. The summed E-state index contributed by atoms with van der Waals surface area (Å²) in [6, 6.07) is 6.19. The van der Waals surface area contributed by atoms with Crippen molar-refractivity contribution < 1.29 is 26.4 Å². The second kappa shape index (κ2) is 9.60. The molecular weight excluding hydrogens is 395 g/mol. The lowest BCUT2D eigenvalue weighted by molar-refractivity contribution is -0.121. The van der Waals surface area contributed by atoms with E-state index in [1.165, 1.54) is 16.4 Å². The maximum Gasteiger partial charge on any atom is 0.405 e. The number of amides is 1. The summed E-state index contributed by atoms with van der Waals surface area (Å²) in [5.74, 6) is -0.585. The third-order valence-electron chi connectivity index (χ3n) is 4.64. The van der Waals surface area contributed by atoms with E-state index in [4.69, 9.17) is 0 Å². The summed E-state index contributed by atoms with van der Waals surface area (Å²) in [6.45, 7) is 1.28. The molecule has 0 spiro atoms. The molecule has 1 aromatic carbocycles. The van der Waals surface area contributed by atoms with Crippen LogP contribution in [-0.4, -0.2) is 50.2 Å². The SMILES string of the molecule is CCCCS(=O)(=O)N1CCC(C(=O)Nc2ccccc2NCC(F)(F)F)CC1. The smallest absolute Gasteiger partial charge is 0.375 e. The van der Waals surface area contributed by atoms with E-state index >= 15 is 0 Å². The van der Waals surface area contributed by atoms with E-state index < -0.39 is 22.7 Å². The minimum Gasteiger partial charge on any atom is -0.375 e. The van der Waals surface area contributed by atoms with Gasteiger partial charge in [-0.25, -0.2) is 12.7 Å². The van der Waals surface area contributed by atoms with Gasteiger partial charge in [-0.3, -0.25) is 4.79 Å². The number of nitrogens with one attached hydrogen (secondary N) is 2. The minimum atomic E-state index is -4.37. The lowest BCUT2D eigenvalue weighted by atomic mass is 9.97. The van der Waals surface area contributed by atoms with Crippen LogP contribution in [0.3, 0.4) is 0 Å². The zero-order chi connectivity index (χ0) is 20.8. The fourth-order valence-corrected chi connectivity index (χ4v) is 4.71. The minimum absolute atomic E-state index is 0.110. The van der Waals surface area contributed by atoms with Crippen LogP contribution in [0.5, 0.6) is 0 Å². The summed E-state index contributed by atoms with van der Waals surface area (Å²) in [4.78, 5) is 12.5. The van der Waals surface area contributed by atoms with Crippen molar-refractivity contribution in [2.45, 2.75) is 38.8 Å². The molecule has 0 unspecified atom stereocenters. The largest absolute Gasteiger partial charge is 0.405 e. The van der Waals surface area contributed by atoms with Gasteiger partial charge in [0.2, 0.25) is 15.9 Å². The van der Waals surface area contributed by atoms with Crippen LogP contribution < -0.4 is 10.6 Å². The van der Waals surface area contributed by atoms with Crippen LogP contribution in [0.25, 0.3) is 0 Å². The van der Waals surface area contributed by atoms with Gasteiger partial charge in [-0.05, 0) is 31.4 Å². The van der Waals surface area contributed by atoms with Gasteiger partial charge in [-0.1, -0.05) is 25.5 Å². The number of hydrogen-bond donors (Lipinski definition) is 2. The quantitative estimate of drug-likeness (QED) is 0.674. The normalized spacial score (nSPS) is 16.7. The highest BCUT2D eigenvalue weighted by Gasteiger charge is 2.31. The molecule has 2 N–H and O–H groups in total. The Labute approximate surface area is 163 Å². The molecule has 158 valence electrons. The third kappa shape index (κ3) is 6.66. The van der Waals surface area contributed by atoms with Gasteiger partial charge in [0.25, 0.3) is 0 Å². The Morgan fingerprint density at radius 3 is 2.36 bits per heavy atom. The monoisotopic (exact) mass is 421 g/mol. The fourth-order valence-electron chi connectivity index (χ4n) is 3.03. The van der Waals surface area contributed by atoms with Crippen molar-refractivity contribution in [3.8, 4) is 0 Å². The Morgan fingerprint density at radius 2 is 1.79 bits per heavy atom. The topological polar surface area (TPSA) is 78.5 Å². The lowest BCUT2D eigenvalue weighted by Gasteiger charge is -2.30. The number of carbonyl (C=O) groups excluding carboxylic acids is 1. The molecule has 1 amide bonds. The van der Waals surface area contributed by atoms with Gasteiger partial charge >= 0.3 is 6.18 Å². The number of carbonyl (C=O) groups is 1. The Kier molecular flexibility index (Phi) is 7.70. The summed E-state index contributed by atoms with van der Waals surface area (Å²) >= 11 is 0. The molecule has 1 fully saturated rings. The van der Waals surface area contributed by atoms with Crippen LogP contribution in [0.2, 0.25) is 0 Å². The summed E-state index contributed by atoms with van der Waals surface area (Å²) in [5.41, 5.74) is 0.461. The molecule has 0 atom stereocenters. The number of nitrogens with zero attached hydrogens (tertiary/aromatic N) is 1. The zero-order valence-electron chi connectivity index (χ0n) is 15.8. The number of para-hydroxylation sites is 2. The molecule has 1 aromatic rings. The van der Waals surface area contributed by atoms with Crippen molar-refractivity contribution in [3.05, 3.63) is 24.3 Å². The number of anilines is 2. The molecule has 2 rings (SSSR count). The summed E-state index contributed by atoms with van der Waals surface area (Å²) in [5, 5.41) is 4.95. The number of hydrogen-bond acceptors (Lipinski definition) is 4. The van der Waals surface area contributed by atoms with Crippen LogP contribution in [0.15, 0.2) is 24.3 Å². The molecule has 0 aromatic heterocycles. The van der Waals surface area contributed by atoms with Crippen LogP contribution in [0, 0.1) is 5.92 Å². The zero-order valence-corrected chi connectivity index (χ0v) is 16.6. The standard InChI is InChI=1S/C18H26F3N3O3S/c1-2-3-12-28(26,27)24-10-8-14(9-11-24)17(25)23-16-7-5-4-6-15(16)22-13-18(19,20)21/h4-7,14,22H,2-3,8-13H2,1H3,(H,23,25). The molecule has 1 saturated heterocycles. The van der Waals surface area contributed by atoms with Gasteiger partial charge in [-0.15, -0.1) is 0 Å². The number of rotatable bonds is 8. The average Bonchev–Trinajstić information content (AvgIpc) is 2.65. The molecular formula is C18H26F3N3O3S. The molecule has 1 aliphatic heterocycles. The molecule has 0 aliphatic carbocycles. The highest BCUT2D eigenvalue weighted by Crippen LogP contribution is 2.26. The molecule has 0 saturated carbocycles. The average molecular weight is 421 g/mol. The van der Waals surface area contributed by atoms with Crippen LogP contribution in [-0.2, 0) is 14.8 Å². The van der Waals surface area contributed by atoms with Crippen LogP contribution in [0.1, 0.15) is 32.6 Å². The number of halogens is 3. The molecule has 1 heterocycles. The lowest BCUT2D eigenvalue weighted by Crippen LogP contribution is -2.42. The summed E-state index contributed by atoms with van der Waals surface area (Å²) in [7, 11) is -3.30. The number of sulfonamides is 1. The number of alkyl halides is 3. The molecule has 0 radical (unpaired) electrons.